The van der Waals surface area contributed by atoms with Crippen LogP contribution < -0.4 is 0 Å². The van der Waals surface area contributed by atoms with Gasteiger partial charge in [0.2, 0.25) is 0 Å². The predicted octanol–water partition coefficient (Wildman–Crippen LogP) is 2.34. The topological polar surface area (TPSA) is 33.1 Å². The maximum atomic E-state index is 9.50. The van der Waals surface area contributed by atoms with Crippen LogP contribution in [0.3, 0.4) is 0 Å². The molecule has 3 heteroatoms. The molecule has 0 saturated carbocycles. The van der Waals surface area contributed by atoms with Gasteiger partial charge >= 0.3 is 0 Å². The summed E-state index contributed by atoms with van der Waals surface area (Å²) in [6.07, 6.45) is -0.719. The van der Waals surface area contributed by atoms with Gasteiger partial charge in [0, 0.05) is 0 Å². The Morgan fingerprint density at radius 1 is 1.67 bits per heavy atom. The Morgan fingerprint density at radius 3 is 2.83 bits per heavy atom. The van der Waals surface area contributed by atoms with Crippen LogP contribution in [-0.2, 0) is 0 Å². The summed E-state index contributed by atoms with van der Waals surface area (Å²) in [5, 5.41) is 9.88. The number of aromatic nitrogens is 1. The molecule has 0 aliphatic rings. The second kappa shape index (κ2) is 3.70. The van der Waals surface area contributed by atoms with Crippen LogP contribution in [-0.4, -0.2) is 10.1 Å². The van der Waals surface area contributed by atoms with E-state index in [2.05, 4.69) is 11.6 Å². The highest BCUT2D eigenvalue weighted by Gasteiger charge is 2.08. The van der Waals surface area contributed by atoms with Crippen molar-refractivity contribution in [3.63, 3.8) is 0 Å². The van der Waals surface area contributed by atoms with E-state index in [4.69, 9.17) is 11.6 Å². The van der Waals surface area contributed by atoms with Crippen LogP contribution >= 0.6 is 11.6 Å². The highest BCUT2D eigenvalue weighted by atomic mass is 35.5. The fraction of sp³-hybridized carbons (Fsp3) is 0.222. The van der Waals surface area contributed by atoms with E-state index in [1.54, 1.807) is 25.1 Å². The molecule has 0 radical (unpaired) electrons. The SMILES string of the molecule is C=C(C)C(O)c1cccc(Cl)n1. The van der Waals surface area contributed by atoms with Crippen molar-refractivity contribution in [2.75, 3.05) is 0 Å². The fourth-order valence-electron chi connectivity index (χ4n) is 0.829. The van der Waals surface area contributed by atoms with Gasteiger partial charge in [-0.25, -0.2) is 4.98 Å². The number of pyridine rings is 1. The van der Waals surface area contributed by atoms with E-state index in [9.17, 15) is 5.11 Å². The quantitative estimate of drug-likeness (QED) is 0.564. The molecule has 0 aliphatic heterocycles. The Bertz CT molecular complexity index is 298. The second-order valence-electron chi connectivity index (χ2n) is 2.63. The molecule has 1 aromatic heterocycles. The summed E-state index contributed by atoms with van der Waals surface area (Å²) in [4.78, 5) is 3.95. The van der Waals surface area contributed by atoms with E-state index in [1.807, 2.05) is 0 Å². The zero-order valence-corrected chi connectivity index (χ0v) is 7.54. The molecule has 2 nitrogen and oxygen atoms in total. The van der Waals surface area contributed by atoms with Crippen molar-refractivity contribution in [3.05, 3.63) is 41.2 Å². The monoisotopic (exact) mass is 183 g/mol. The van der Waals surface area contributed by atoms with Crippen LogP contribution in [0.4, 0.5) is 0 Å². The van der Waals surface area contributed by atoms with E-state index < -0.39 is 6.10 Å². The Hall–Kier alpha value is -0.860. The molecule has 0 aromatic carbocycles. The predicted molar refractivity (Wildman–Crippen MR) is 49.0 cm³/mol. The molecule has 0 spiro atoms. The number of hydrogen-bond acceptors (Lipinski definition) is 2. The lowest BCUT2D eigenvalue weighted by Crippen LogP contribution is -2.00. The number of halogens is 1. The summed E-state index contributed by atoms with van der Waals surface area (Å²) < 4.78 is 0. The lowest BCUT2D eigenvalue weighted by Gasteiger charge is -2.08. The minimum atomic E-state index is -0.719. The summed E-state index contributed by atoms with van der Waals surface area (Å²) in [5.41, 5.74) is 1.19. The van der Waals surface area contributed by atoms with Gasteiger partial charge in [-0.15, -0.1) is 0 Å². The Morgan fingerprint density at radius 2 is 2.33 bits per heavy atom. The van der Waals surface area contributed by atoms with Crippen LogP contribution in [0.2, 0.25) is 5.15 Å². The Balaban J connectivity index is 2.95. The molecule has 0 amide bonds. The number of hydrogen-bond donors (Lipinski definition) is 1. The lowest BCUT2D eigenvalue weighted by molar-refractivity contribution is 0.211. The minimum Gasteiger partial charge on any atom is -0.382 e. The molecule has 1 atom stereocenters. The standard InChI is InChI=1S/C9H10ClNO/c1-6(2)9(12)7-4-3-5-8(10)11-7/h3-5,9,12H,1H2,2H3. The van der Waals surface area contributed by atoms with Gasteiger partial charge in [-0.05, 0) is 24.6 Å². The molecule has 1 N–H and O–H groups in total. The van der Waals surface area contributed by atoms with E-state index >= 15 is 0 Å². The smallest absolute Gasteiger partial charge is 0.129 e. The molecule has 0 fully saturated rings. The maximum absolute atomic E-state index is 9.50. The van der Waals surface area contributed by atoms with Crippen LogP contribution in [0, 0.1) is 0 Å². The minimum absolute atomic E-state index is 0.382. The first-order valence-corrected chi connectivity index (χ1v) is 3.95. The number of rotatable bonds is 2. The average Bonchev–Trinajstić information content (AvgIpc) is 2.03. The Labute approximate surface area is 76.5 Å². The molecule has 1 aromatic rings. The van der Waals surface area contributed by atoms with Gasteiger partial charge in [0.15, 0.2) is 0 Å². The van der Waals surface area contributed by atoms with Crippen LogP contribution in [0.5, 0.6) is 0 Å². The highest BCUT2D eigenvalue weighted by molar-refractivity contribution is 6.29. The summed E-state index contributed by atoms with van der Waals surface area (Å²) in [6, 6.07) is 5.12. The second-order valence-corrected chi connectivity index (χ2v) is 3.02. The van der Waals surface area contributed by atoms with Crippen LogP contribution in [0.25, 0.3) is 0 Å². The van der Waals surface area contributed by atoms with Gasteiger partial charge in [0.1, 0.15) is 11.3 Å². The normalized spacial score (nSPS) is 12.6. The highest BCUT2D eigenvalue weighted by Crippen LogP contribution is 2.18. The van der Waals surface area contributed by atoms with Gasteiger partial charge in [0.05, 0.1) is 5.69 Å². The van der Waals surface area contributed by atoms with Gasteiger partial charge in [0.25, 0.3) is 0 Å². The van der Waals surface area contributed by atoms with Crippen molar-refractivity contribution in [1.29, 1.82) is 0 Å². The van der Waals surface area contributed by atoms with Crippen molar-refractivity contribution in [1.82, 2.24) is 4.98 Å². The largest absolute Gasteiger partial charge is 0.382 e. The molecule has 1 heterocycles. The third-order valence-electron chi connectivity index (χ3n) is 1.48. The Kier molecular flexibility index (Phi) is 2.84. The first kappa shape index (κ1) is 9.23. The van der Waals surface area contributed by atoms with Gasteiger partial charge < -0.3 is 5.11 Å². The number of nitrogens with zero attached hydrogens (tertiary/aromatic N) is 1. The van der Waals surface area contributed by atoms with Gasteiger partial charge in [-0.1, -0.05) is 24.2 Å². The van der Waals surface area contributed by atoms with E-state index in [-0.39, 0.29) is 0 Å². The zero-order chi connectivity index (χ0) is 9.14. The van der Waals surface area contributed by atoms with E-state index in [1.165, 1.54) is 0 Å². The zero-order valence-electron chi connectivity index (χ0n) is 6.79. The summed E-state index contributed by atoms with van der Waals surface area (Å²) >= 11 is 5.64. The van der Waals surface area contributed by atoms with Crippen molar-refractivity contribution in [2.45, 2.75) is 13.0 Å². The molecular formula is C9H10ClNO. The van der Waals surface area contributed by atoms with Gasteiger partial charge in [-0.2, -0.15) is 0 Å². The average molecular weight is 184 g/mol. The van der Waals surface area contributed by atoms with Crippen molar-refractivity contribution < 1.29 is 5.11 Å². The van der Waals surface area contributed by atoms with Crippen LogP contribution in [0.15, 0.2) is 30.4 Å². The summed E-state index contributed by atoms with van der Waals surface area (Å²) in [5.74, 6) is 0. The fourth-order valence-corrected chi connectivity index (χ4v) is 0.999. The molecule has 1 rings (SSSR count). The maximum Gasteiger partial charge on any atom is 0.129 e. The molecule has 0 aliphatic carbocycles. The molecule has 0 bridgehead atoms. The number of aliphatic hydroxyl groups is 1. The molecular weight excluding hydrogens is 174 g/mol. The van der Waals surface area contributed by atoms with Crippen molar-refractivity contribution >= 4 is 11.6 Å². The van der Waals surface area contributed by atoms with Crippen molar-refractivity contribution in [2.24, 2.45) is 0 Å². The summed E-state index contributed by atoms with van der Waals surface area (Å²) in [7, 11) is 0. The molecule has 64 valence electrons. The van der Waals surface area contributed by atoms with Crippen LogP contribution in [0.1, 0.15) is 18.7 Å². The third kappa shape index (κ3) is 2.06. The van der Waals surface area contributed by atoms with E-state index in [0.717, 1.165) is 0 Å². The summed E-state index contributed by atoms with van der Waals surface area (Å²) in [6.45, 7) is 5.37. The lowest BCUT2D eigenvalue weighted by atomic mass is 10.1. The third-order valence-corrected chi connectivity index (χ3v) is 1.69. The number of aliphatic hydroxyl groups excluding tert-OH is 1. The van der Waals surface area contributed by atoms with Gasteiger partial charge in [-0.3, -0.25) is 0 Å². The first-order valence-electron chi connectivity index (χ1n) is 3.57. The molecule has 1 unspecified atom stereocenters. The van der Waals surface area contributed by atoms with E-state index in [0.29, 0.717) is 16.4 Å². The molecule has 12 heavy (non-hydrogen) atoms. The van der Waals surface area contributed by atoms with Crippen molar-refractivity contribution in [3.8, 4) is 0 Å². The molecule has 0 saturated heterocycles. The first-order chi connectivity index (χ1) is 5.61.